The van der Waals surface area contributed by atoms with Gasteiger partial charge in [-0.05, 0) is 28.1 Å². The quantitative estimate of drug-likeness (QED) is 0.601. The van der Waals surface area contributed by atoms with Crippen molar-refractivity contribution in [2.45, 2.75) is 13.0 Å². The first-order valence-corrected chi connectivity index (χ1v) is 4.09. The molecule has 0 aliphatic heterocycles. The summed E-state index contributed by atoms with van der Waals surface area (Å²) in [5, 5.41) is 0. The molecule has 4 heteroatoms. The zero-order valence-electron chi connectivity index (χ0n) is 8.37. The minimum absolute atomic E-state index is 0.176. The Hall–Kier alpha value is -0.610. The fourth-order valence-corrected chi connectivity index (χ4v) is 0.769. The number of carbonyl (C=O) groups is 1. The third-order valence-corrected chi connectivity index (χ3v) is 1.97. The van der Waals surface area contributed by atoms with E-state index in [1.165, 1.54) is 0 Å². The molecule has 0 aliphatic rings. The molecule has 0 rings (SSSR count). The third kappa shape index (κ3) is 4.31. The monoisotopic (exact) mass is 173 g/mol. The number of amides is 1. The highest BCUT2D eigenvalue weighted by Gasteiger charge is 2.13. The summed E-state index contributed by atoms with van der Waals surface area (Å²) in [4.78, 5) is 14.8. The van der Waals surface area contributed by atoms with Crippen LogP contribution in [0.5, 0.6) is 0 Å². The number of carbonyl (C=O) groups excluding carboxylic acids is 1. The molecular weight excluding hydrogens is 154 g/mol. The van der Waals surface area contributed by atoms with Crippen molar-refractivity contribution in [1.82, 2.24) is 9.80 Å². The summed E-state index contributed by atoms with van der Waals surface area (Å²) in [6.45, 7) is 3.61. The first-order valence-electron chi connectivity index (χ1n) is 4.09. The Bertz CT molecular complexity index is 147. The van der Waals surface area contributed by atoms with Gasteiger partial charge in [-0.3, -0.25) is 9.69 Å². The van der Waals surface area contributed by atoms with Gasteiger partial charge in [0.1, 0.15) is 0 Å². The second kappa shape index (κ2) is 5.11. The van der Waals surface area contributed by atoms with E-state index in [4.69, 9.17) is 5.73 Å². The van der Waals surface area contributed by atoms with E-state index in [9.17, 15) is 4.79 Å². The Morgan fingerprint density at radius 2 is 1.83 bits per heavy atom. The first kappa shape index (κ1) is 11.4. The van der Waals surface area contributed by atoms with E-state index < -0.39 is 0 Å². The van der Waals surface area contributed by atoms with Crippen molar-refractivity contribution in [1.29, 1.82) is 0 Å². The van der Waals surface area contributed by atoms with Crippen LogP contribution >= 0.6 is 0 Å². The molecule has 0 spiro atoms. The zero-order valence-corrected chi connectivity index (χ0v) is 8.37. The first-order chi connectivity index (χ1) is 5.45. The van der Waals surface area contributed by atoms with Crippen molar-refractivity contribution in [3.63, 3.8) is 0 Å². The fourth-order valence-electron chi connectivity index (χ4n) is 0.769. The predicted octanol–water partition coefficient (Wildman–Crippen LogP) is -0.646. The molecule has 0 radical (unpaired) electrons. The number of hydrogen-bond acceptors (Lipinski definition) is 3. The van der Waals surface area contributed by atoms with Crippen molar-refractivity contribution in [3.8, 4) is 0 Å². The second-order valence-corrected chi connectivity index (χ2v) is 3.36. The number of likely N-dealkylation sites (N-methyl/N-ethyl adjacent to an activating group) is 2. The van der Waals surface area contributed by atoms with Gasteiger partial charge in [0, 0.05) is 13.1 Å². The molecule has 0 aromatic heterocycles. The van der Waals surface area contributed by atoms with Gasteiger partial charge in [0.25, 0.3) is 0 Å². The molecule has 1 atom stereocenters. The molecule has 0 aliphatic carbocycles. The third-order valence-electron chi connectivity index (χ3n) is 1.97. The van der Waals surface area contributed by atoms with Crippen LogP contribution < -0.4 is 5.73 Å². The Morgan fingerprint density at radius 1 is 1.33 bits per heavy atom. The fraction of sp³-hybridized carbons (Fsp3) is 0.875. The maximum atomic E-state index is 10.8. The normalized spacial score (nSPS) is 13.8. The van der Waals surface area contributed by atoms with E-state index in [0.29, 0.717) is 0 Å². The van der Waals surface area contributed by atoms with Crippen LogP contribution in [0.4, 0.5) is 0 Å². The molecule has 12 heavy (non-hydrogen) atoms. The van der Waals surface area contributed by atoms with Gasteiger partial charge in [-0.2, -0.15) is 0 Å². The van der Waals surface area contributed by atoms with Crippen molar-refractivity contribution in [3.05, 3.63) is 0 Å². The van der Waals surface area contributed by atoms with E-state index in [0.717, 1.165) is 13.1 Å². The van der Waals surface area contributed by atoms with E-state index >= 15 is 0 Å². The van der Waals surface area contributed by atoms with E-state index in [1.54, 1.807) is 0 Å². The number of rotatable bonds is 5. The van der Waals surface area contributed by atoms with Gasteiger partial charge < -0.3 is 10.6 Å². The SMILES string of the molecule is CC(C(N)=O)N(C)CCN(C)C. The molecule has 1 unspecified atom stereocenters. The molecule has 2 N–H and O–H groups in total. The summed E-state index contributed by atoms with van der Waals surface area (Å²) in [7, 11) is 5.91. The smallest absolute Gasteiger partial charge is 0.234 e. The largest absolute Gasteiger partial charge is 0.368 e. The van der Waals surface area contributed by atoms with Crippen molar-refractivity contribution in [2.24, 2.45) is 5.73 Å². The van der Waals surface area contributed by atoms with Crippen LogP contribution in [-0.2, 0) is 4.79 Å². The number of primary amides is 1. The van der Waals surface area contributed by atoms with Crippen LogP contribution in [0, 0.1) is 0 Å². The molecule has 4 nitrogen and oxygen atoms in total. The average molecular weight is 173 g/mol. The summed E-state index contributed by atoms with van der Waals surface area (Å²) < 4.78 is 0. The molecule has 0 aromatic carbocycles. The highest BCUT2D eigenvalue weighted by Crippen LogP contribution is 1.93. The summed E-state index contributed by atoms with van der Waals surface area (Å²) in [5.41, 5.74) is 5.15. The minimum Gasteiger partial charge on any atom is -0.368 e. The average Bonchev–Trinajstić information content (AvgIpc) is 1.98. The number of hydrogen-bond donors (Lipinski definition) is 1. The van der Waals surface area contributed by atoms with Crippen LogP contribution in [0.1, 0.15) is 6.92 Å². The van der Waals surface area contributed by atoms with Gasteiger partial charge in [0.15, 0.2) is 0 Å². The van der Waals surface area contributed by atoms with Crippen molar-refractivity contribution >= 4 is 5.91 Å². The molecule has 72 valence electrons. The van der Waals surface area contributed by atoms with Crippen LogP contribution in [0.3, 0.4) is 0 Å². The summed E-state index contributed by atoms with van der Waals surface area (Å²) in [6, 6.07) is -0.176. The lowest BCUT2D eigenvalue weighted by molar-refractivity contribution is -0.122. The maximum absolute atomic E-state index is 10.8. The molecule has 0 bridgehead atoms. The summed E-state index contributed by atoms with van der Waals surface area (Å²) >= 11 is 0. The lowest BCUT2D eigenvalue weighted by atomic mass is 10.3. The van der Waals surface area contributed by atoms with Crippen LogP contribution in [-0.4, -0.2) is 56.0 Å². The van der Waals surface area contributed by atoms with Gasteiger partial charge >= 0.3 is 0 Å². The summed E-state index contributed by atoms with van der Waals surface area (Å²) in [5.74, 6) is -0.267. The van der Waals surface area contributed by atoms with Crippen LogP contribution in [0.2, 0.25) is 0 Å². The highest BCUT2D eigenvalue weighted by molar-refractivity contribution is 5.79. The molecule has 0 fully saturated rings. The minimum atomic E-state index is -0.267. The molecule has 0 heterocycles. The highest BCUT2D eigenvalue weighted by atomic mass is 16.1. The standard InChI is InChI=1S/C8H19N3O/c1-7(8(9)12)11(4)6-5-10(2)3/h7H,5-6H2,1-4H3,(H2,9,12). The van der Waals surface area contributed by atoms with Gasteiger partial charge in [-0.25, -0.2) is 0 Å². The summed E-state index contributed by atoms with van der Waals surface area (Å²) in [6.07, 6.45) is 0. The topological polar surface area (TPSA) is 49.6 Å². The lowest BCUT2D eigenvalue weighted by Crippen LogP contribution is -2.42. The Kier molecular flexibility index (Phi) is 4.85. The van der Waals surface area contributed by atoms with Crippen molar-refractivity contribution < 1.29 is 4.79 Å². The van der Waals surface area contributed by atoms with Gasteiger partial charge in [-0.15, -0.1) is 0 Å². The number of nitrogens with two attached hydrogens (primary N) is 1. The maximum Gasteiger partial charge on any atom is 0.234 e. The Labute approximate surface area is 74.3 Å². The van der Waals surface area contributed by atoms with Crippen molar-refractivity contribution in [2.75, 3.05) is 34.2 Å². The van der Waals surface area contributed by atoms with Gasteiger partial charge in [-0.1, -0.05) is 0 Å². The van der Waals surface area contributed by atoms with E-state index in [1.807, 2.05) is 33.0 Å². The van der Waals surface area contributed by atoms with Crippen LogP contribution in [0.15, 0.2) is 0 Å². The lowest BCUT2D eigenvalue weighted by Gasteiger charge is -2.23. The molecule has 1 amide bonds. The van der Waals surface area contributed by atoms with Gasteiger partial charge in [0.2, 0.25) is 5.91 Å². The number of nitrogens with zero attached hydrogens (tertiary/aromatic N) is 2. The van der Waals surface area contributed by atoms with E-state index in [-0.39, 0.29) is 11.9 Å². The second-order valence-electron chi connectivity index (χ2n) is 3.36. The molecular formula is C8H19N3O. The molecule has 0 saturated carbocycles. The predicted molar refractivity (Wildman–Crippen MR) is 49.8 cm³/mol. The van der Waals surface area contributed by atoms with Gasteiger partial charge in [0.05, 0.1) is 6.04 Å². The van der Waals surface area contributed by atoms with Crippen LogP contribution in [0.25, 0.3) is 0 Å². The zero-order chi connectivity index (χ0) is 9.72. The van der Waals surface area contributed by atoms with E-state index in [2.05, 4.69) is 4.90 Å². The molecule has 0 saturated heterocycles. The Balaban J connectivity index is 3.71. The Morgan fingerprint density at radius 3 is 2.17 bits per heavy atom. The molecule has 0 aromatic rings.